The molecule has 5 heteroatoms. The van der Waals surface area contributed by atoms with Crippen molar-refractivity contribution >= 4 is 23.1 Å². The molecule has 2 atom stereocenters. The maximum Gasteiger partial charge on any atom is 0.232 e. The Morgan fingerprint density at radius 3 is 2.87 bits per heavy atom. The highest BCUT2D eigenvalue weighted by molar-refractivity contribution is 7.80. The third-order valence-electron chi connectivity index (χ3n) is 2.70. The van der Waals surface area contributed by atoms with Crippen molar-refractivity contribution in [2.45, 2.75) is 26.3 Å². The van der Waals surface area contributed by atoms with Crippen LogP contribution in [0.5, 0.6) is 0 Å². The lowest BCUT2D eigenvalue weighted by atomic mass is 10.0. The van der Waals surface area contributed by atoms with Crippen LogP contribution < -0.4 is 5.73 Å². The maximum absolute atomic E-state index is 12.1. The molecule has 2 N–H and O–H groups in total. The average Bonchev–Trinajstić information content (AvgIpc) is 2.18. The van der Waals surface area contributed by atoms with E-state index in [9.17, 15) is 4.79 Å². The number of nitrogens with two attached hydrogens (primary N) is 1. The lowest BCUT2D eigenvalue weighted by Gasteiger charge is -2.35. The first kappa shape index (κ1) is 12.4. The number of amides is 1. The second kappa shape index (κ2) is 5.42. The van der Waals surface area contributed by atoms with Gasteiger partial charge in [0.05, 0.1) is 30.2 Å². The summed E-state index contributed by atoms with van der Waals surface area (Å²) in [5.41, 5.74) is 5.55. The Morgan fingerprint density at radius 2 is 2.40 bits per heavy atom. The molecule has 1 amide bonds. The van der Waals surface area contributed by atoms with Crippen molar-refractivity contribution in [2.75, 3.05) is 19.8 Å². The summed E-state index contributed by atoms with van der Waals surface area (Å²) in [6.45, 7) is 5.73. The maximum atomic E-state index is 12.1. The number of carbonyl (C=O) groups is 1. The fourth-order valence-corrected chi connectivity index (χ4v) is 2.02. The van der Waals surface area contributed by atoms with E-state index in [1.807, 2.05) is 18.7 Å². The average molecular weight is 230 g/mol. The van der Waals surface area contributed by atoms with E-state index in [1.165, 1.54) is 0 Å². The highest BCUT2D eigenvalue weighted by Gasteiger charge is 2.30. The van der Waals surface area contributed by atoms with E-state index in [-0.39, 0.29) is 17.9 Å². The molecule has 0 spiro atoms. The van der Waals surface area contributed by atoms with E-state index in [1.54, 1.807) is 0 Å². The molecule has 0 radical (unpaired) electrons. The quantitative estimate of drug-likeness (QED) is 0.719. The van der Waals surface area contributed by atoms with Gasteiger partial charge in [-0.15, -0.1) is 0 Å². The summed E-state index contributed by atoms with van der Waals surface area (Å²) in [7, 11) is 0. The van der Waals surface area contributed by atoms with Gasteiger partial charge in [-0.05, 0) is 13.3 Å². The van der Waals surface area contributed by atoms with Gasteiger partial charge < -0.3 is 15.4 Å². The molecule has 1 saturated heterocycles. The van der Waals surface area contributed by atoms with Crippen LogP contribution >= 0.6 is 12.2 Å². The Balaban J connectivity index is 2.68. The van der Waals surface area contributed by atoms with Gasteiger partial charge in [-0.2, -0.15) is 0 Å². The largest absolute Gasteiger partial charge is 0.393 e. The SMILES string of the molecule is CCC(C(=O)N1CCOCC1C)C(N)=S. The van der Waals surface area contributed by atoms with Gasteiger partial charge in [-0.1, -0.05) is 19.1 Å². The Morgan fingerprint density at radius 1 is 1.73 bits per heavy atom. The summed E-state index contributed by atoms with van der Waals surface area (Å²) < 4.78 is 5.28. The molecular formula is C10H18N2O2S. The van der Waals surface area contributed by atoms with E-state index in [0.29, 0.717) is 31.2 Å². The number of hydrogen-bond donors (Lipinski definition) is 1. The summed E-state index contributed by atoms with van der Waals surface area (Å²) >= 11 is 4.90. The van der Waals surface area contributed by atoms with Crippen LogP contribution in [0, 0.1) is 5.92 Å². The van der Waals surface area contributed by atoms with Crippen LogP contribution in [-0.4, -0.2) is 41.6 Å². The third-order valence-corrected chi connectivity index (χ3v) is 2.99. The van der Waals surface area contributed by atoms with Crippen molar-refractivity contribution in [1.82, 2.24) is 4.90 Å². The summed E-state index contributed by atoms with van der Waals surface area (Å²) in [5.74, 6) is -0.277. The highest BCUT2D eigenvalue weighted by Crippen LogP contribution is 2.14. The van der Waals surface area contributed by atoms with Gasteiger partial charge in [0, 0.05) is 6.54 Å². The molecule has 0 aromatic carbocycles. The zero-order chi connectivity index (χ0) is 11.4. The van der Waals surface area contributed by atoms with Crippen molar-refractivity contribution < 1.29 is 9.53 Å². The number of hydrogen-bond acceptors (Lipinski definition) is 3. The molecule has 0 saturated carbocycles. The molecule has 1 aliphatic rings. The number of nitrogens with zero attached hydrogens (tertiary/aromatic N) is 1. The van der Waals surface area contributed by atoms with Gasteiger partial charge >= 0.3 is 0 Å². The molecule has 0 aromatic rings. The molecule has 86 valence electrons. The molecular weight excluding hydrogens is 212 g/mol. The van der Waals surface area contributed by atoms with Crippen molar-refractivity contribution in [3.63, 3.8) is 0 Å². The van der Waals surface area contributed by atoms with Crippen LogP contribution in [0.25, 0.3) is 0 Å². The monoisotopic (exact) mass is 230 g/mol. The molecule has 0 aliphatic carbocycles. The Bertz CT molecular complexity index is 258. The zero-order valence-electron chi connectivity index (χ0n) is 9.23. The van der Waals surface area contributed by atoms with Crippen molar-refractivity contribution in [2.24, 2.45) is 11.7 Å². The number of thiocarbonyl (C=S) groups is 1. The highest BCUT2D eigenvalue weighted by atomic mass is 32.1. The normalized spacial score (nSPS) is 23.6. The lowest BCUT2D eigenvalue weighted by Crippen LogP contribution is -2.51. The molecule has 0 aromatic heterocycles. The first-order chi connectivity index (χ1) is 7.07. The van der Waals surface area contributed by atoms with E-state index in [4.69, 9.17) is 22.7 Å². The first-order valence-corrected chi connectivity index (χ1v) is 5.66. The zero-order valence-corrected chi connectivity index (χ0v) is 10.0. The molecule has 0 bridgehead atoms. The standard InChI is InChI=1S/C10H18N2O2S/c1-3-8(9(11)15)10(13)12-4-5-14-6-7(12)2/h7-8H,3-6H2,1-2H3,(H2,11,15). The van der Waals surface area contributed by atoms with E-state index < -0.39 is 0 Å². The molecule has 4 nitrogen and oxygen atoms in total. The minimum atomic E-state index is -0.319. The molecule has 15 heavy (non-hydrogen) atoms. The van der Waals surface area contributed by atoms with Gasteiger partial charge in [0.25, 0.3) is 0 Å². The van der Waals surface area contributed by atoms with Crippen LogP contribution in [0.2, 0.25) is 0 Å². The van der Waals surface area contributed by atoms with Gasteiger partial charge in [0.2, 0.25) is 5.91 Å². The topological polar surface area (TPSA) is 55.6 Å². The lowest BCUT2D eigenvalue weighted by molar-refractivity contribution is -0.141. The van der Waals surface area contributed by atoms with Crippen molar-refractivity contribution in [3.05, 3.63) is 0 Å². The van der Waals surface area contributed by atoms with Crippen LogP contribution in [0.15, 0.2) is 0 Å². The van der Waals surface area contributed by atoms with E-state index in [2.05, 4.69) is 0 Å². The number of rotatable bonds is 3. The van der Waals surface area contributed by atoms with Crippen LogP contribution in [0.1, 0.15) is 20.3 Å². The van der Waals surface area contributed by atoms with Gasteiger partial charge in [-0.25, -0.2) is 0 Å². The summed E-state index contributed by atoms with van der Waals surface area (Å²) in [6.07, 6.45) is 0.665. The van der Waals surface area contributed by atoms with Gasteiger partial charge in [-0.3, -0.25) is 4.79 Å². The van der Waals surface area contributed by atoms with Crippen LogP contribution in [0.4, 0.5) is 0 Å². The fourth-order valence-electron chi connectivity index (χ4n) is 1.75. The smallest absolute Gasteiger partial charge is 0.232 e. The van der Waals surface area contributed by atoms with Crippen molar-refractivity contribution in [1.29, 1.82) is 0 Å². The number of ether oxygens (including phenoxy) is 1. The summed E-state index contributed by atoms with van der Waals surface area (Å²) in [5, 5.41) is 0. The molecule has 1 fully saturated rings. The van der Waals surface area contributed by atoms with Gasteiger partial charge in [0.15, 0.2) is 0 Å². The molecule has 1 rings (SSSR count). The predicted octanol–water partition coefficient (Wildman–Crippen LogP) is 0.546. The first-order valence-electron chi connectivity index (χ1n) is 5.25. The Hall–Kier alpha value is -0.680. The minimum Gasteiger partial charge on any atom is -0.393 e. The van der Waals surface area contributed by atoms with E-state index >= 15 is 0 Å². The van der Waals surface area contributed by atoms with E-state index in [0.717, 1.165) is 0 Å². The fraction of sp³-hybridized carbons (Fsp3) is 0.800. The van der Waals surface area contributed by atoms with Gasteiger partial charge in [0.1, 0.15) is 0 Å². The Kier molecular flexibility index (Phi) is 4.47. The summed E-state index contributed by atoms with van der Waals surface area (Å²) in [4.78, 5) is 14.2. The summed E-state index contributed by atoms with van der Waals surface area (Å²) in [6, 6.07) is 0.120. The predicted molar refractivity (Wildman–Crippen MR) is 62.6 cm³/mol. The minimum absolute atomic E-state index is 0.0424. The second-order valence-electron chi connectivity index (χ2n) is 3.82. The molecule has 2 unspecified atom stereocenters. The third kappa shape index (κ3) is 2.89. The second-order valence-corrected chi connectivity index (χ2v) is 4.29. The number of carbonyl (C=O) groups excluding carboxylic acids is 1. The molecule has 1 heterocycles. The van der Waals surface area contributed by atoms with Crippen LogP contribution in [0.3, 0.4) is 0 Å². The number of morpholine rings is 1. The van der Waals surface area contributed by atoms with Crippen molar-refractivity contribution in [3.8, 4) is 0 Å². The Labute approximate surface area is 95.8 Å². The molecule has 1 aliphatic heterocycles. The van der Waals surface area contributed by atoms with Crippen LogP contribution in [-0.2, 0) is 9.53 Å².